The minimum absolute atomic E-state index is 0.224. The van der Waals surface area contributed by atoms with Crippen LogP contribution in [0.1, 0.15) is 34.0 Å². The van der Waals surface area contributed by atoms with Crippen molar-refractivity contribution >= 4 is 45.1 Å². The lowest BCUT2D eigenvalue weighted by Crippen LogP contribution is -2.33. The van der Waals surface area contributed by atoms with E-state index in [-0.39, 0.29) is 5.75 Å². The fourth-order valence-corrected chi connectivity index (χ4v) is 3.69. The van der Waals surface area contributed by atoms with Crippen LogP contribution in [0.3, 0.4) is 0 Å². The van der Waals surface area contributed by atoms with E-state index in [1.807, 2.05) is 19.9 Å². The topological polar surface area (TPSA) is 106 Å². The van der Waals surface area contributed by atoms with Crippen LogP contribution in [0.25, 0.3) is 0 Å². The number of benzene rings is 3. The van der Waals surface area contributed by atoms with Gasteiger partial charge in [-0.05, 0) is 90.3 Å². The number of esters is 1. The van der Waals surface area contributed by atoms with Crippen molar-refractivity contribution in [2.24, 2.45) is 5.10 Å². The Morgan fingerprint density at radius 3 is 2.23 bits per heavy atom. The number of hydrogen-bond acceptors (Lipinski definition) is 6. The number of ether oxygens (including phenoxy) is 2. The summed E-state index contributed by atoms with van der Waals surface area (Å²) in [5, 5.41) is 6.56. The van der Waals surface area contributed by atoms with Crippen molar-refractivity contribution in [2.75, 3.05) is 12.4 Å². The average molecular weight is 538 g/mol. The molecule has 0 saturated heterocycles. The normalized spacial score (nSPS) is 10.9. The first-order chi connectivity index (χ1) is 16.7. The Morgan fingerprint density at radius 1 is 0.886 bits per heavy atom. The summed E-state index contributed by atoms with van der Waals surface area (Å²) in [6.07, 6.45) is 0. The Morgan fingerprint density at radius 2 is 1.57 bits per heavy atom. The molecule has 180 valence electrons. The van der Waals surface area contributed by atoms with Gasteiger partial charge in [0.25, 0.3) is 0 Å². The van der Waals surface area contributed by atoms with E-state index in [9.17, 15) is 14.4 Å². The van der Waals surface area contributed by atoms with Gasteiger partial charge in [-0.25, -0.2) is 10.2 Å². The van der Waals surface area contributed by atoms with Gasteiger partial charge in [-0.1, -0.05) is 18.2 Å². The highest BCUT2D eigenvalue weighted by molar-refractivity contribution is 9.10. The molecule has 0 fully saturated rings. The summed E-state index contributed by atoms with van der Waals surface area (Å²) in [4.78, 5) is 36.9. The van der Waals surface area contributed by atoms with Crippen LogP contribution in [-0.4, -0.2) is 30.6 Å². The lowest BCUT2D eigenvalue weighted by molar-refractivity contribution is -0.136. The SMILES string of the molecule is COc1cc(/C(C)=N/NC(=O)C(=O)Nc2cc(C)cc(C)c2)ccc1OC(=O)c1ccccc1Br. The molecule has 35 heavy (non-hydrogen) atoms. The highest BCUT2D eigenvalue weighted by Gasteiger charge is 2.17. The molecule has 8 nitrogen and oxygen atoms in total. The summed E-state index contributed by atoms with van der Waals surface area (Å²) in [5.74, 6) is -1.76. The zero-order valence-electron chi connectivity index (χ0n) is 19.6. The molecule has 0 aliphatic rings. The largest absolute Gasteiger partial charge is 0.493 e. The molecule has 2 amide bonds. The van der Waals surface area contributed by atoms with E-state index >= 15 is 0 Å². The minimum Gasteiger partial charge on any atom is -0.493 e. The molecule has 3 aromatic carbocycles. The second-order valence-electron chi connectivity index (χ2n) is 7.70. The van der Waals surface area contributed by atoms with E-state index in [0.29, 0.717) is 32.7 Å². The molecular formula is C26H24BrN3O5. The lowest BCUT2D eigenvalue weighted by atomic mass is 10.1. The van der Waals surface area contributed by atoms with Crippen LogP contribution in [0.2, 0.25) is 0 Å². The van der Waals surface area contributed by atoms with Gasteiger partial charge in [0.05, 0.1) is 18.4 Å². The van der Waals surface area contributed by atoms with Gasteiger partial charge in [-0.3, -0.25) is 9.59 Å². The minimum atomic E-state index is -0.908. The second-order valence-corrected chi connectivity index (χ2v) is 8.56. The van der Waals surface area contributed by atoms with Gasteiger partial charge < -0.3 is 14.8 Å². The molecule has 0 aliphatic carbocycles. The maximum absolute atomic E-state index is 12.5. The van der Waals surface area contributed by atoms with Crippen LogP contribution in [0.4, 0.5) is 5.69 Å². The van der Waals surface area contributed by atoms with E-state index in [0.717, 1.165) is 11.1 Å². The van der Waals surface area contributed by atoms with Crippen LogP contribution in [0, 0.1) is 13.8 Å². The van der Waals surface area contributed by atoms with Gasteiger partial charge in [0.1, 0.15) is 0 Å². The molecule has 3 aromatic rings. The number of hydrazone groups is 1. The summed E-state index contributed by atoms with van der Waals surface area (Å²) in [6, 6.07) is 17.3. The van der Waals surface area contributed by atoms with Gasteiger partial charge in [0.15, 0.2) is 11.5 Å². The molecule has 0 unspecified atom stereocenters. The molecule has 3 rings (SSSR count). The van der Waals surface area contributed by atoms with E-state index < -0.39 is 17.8 Å². The molecule has 2 N–H and O–H groups in total. The third-order valence-corrected chi connectivity index (χ3v) is 5.58. The van der Waals surface area contributed by atoms with Crippen LogP contribution in [-0.2, 0) is 9.59 Å². The summed E-state index contributed by atoms with van der Waals surface area (Å²) >= 11 is 3.33. The smallest absolute Gasteiger partial charge is 0.344 e. The van der Waals surface area contributed by atoms with Gasteiger partial charge in [0, 0.05) is 15.7 Å². The third-order valence-electron chi connectivity index (χ3n) is 4.89. The summed E-state index contributed by atoms with van der Waals surface area (Å²) in [6.45, 7) is 5.46. The standard InChI is InChI=1S/C26H24BrN3O5/c1-15-11-16(2)13-19(12-15)28-24(31)25(32)30-29-17(3)18-9-10-22(23(14-18)34-4)35-26(33)20-7-5-6-8-21(20)27/h5-14H,1-4H3,(H,28,31)(H,30,32)/b29-17+. The fourth-order valence-electron chi connectivity index (χ4n) is 3.24. The van der Waals surface area contributed by atoms with Crippen molar-refractivity contribution in [1.29, 1.82) is 0 Å². The van der Waals surface area contributed by atoms with Crippen LogP contribution >= 0.6 is 15.9 Å². The van der Waals surface area contributed by atoms with E-state index in [1.54, 1.807) is 61.5 Å². The molecule has 0 radical (unpaired) electrons. The van der Waals surface area contributed by atoms with E-state index in [4.69, 9.17) is 9.47 Å². The Bertz CT molecular complexity index is 1300. The van der Waals surface area contributed by atoms with Crippen molar-refractivity contribution in [3.8, 4) is 11.5 Å². The van der Waals surface area contributed by atoms with E-state index in [2.05, 4.69) is 31.8 Å². The van der Waals surface area contributed by atoms with Crippen molar-refractivity contribution in [3.63, 3.8) is 0 Å². The monoisotopic (exact) mass is 537 g/mol. The van der Waals surface area contributed by atoms with Crippen molar-refractivity contribution < 1.29 is 23.9 Å². The summed E-state index contributed by atoms with van der Waals surface area (Å²) in [5.41, 5.74) is 6.09. The highest BCUT2D eigenvalue weighted by Crippen LogP contribution is 2.30. The van der Waals surface area contributed by atoms with Crippen molar-refractivity contribution in [3.05, 3.63) is 87.4 Å². The van der Waals surface area contributed by atoms with Gasteiger partial charge in [-0.2, -0.15) is 5.10 Å². The number of nitrogens with one attached hydrogen (secondary N) is 2. The maximum atomic E-state index is 12.5. The number of nitrogens with zero attached hydrogens (tertiary/aromatic N) is 1. The third kappa shape index (κ3) is 6.77. The molecule has 0 spiro atoms. The Hall–Kier alpha value is -3.98. The van der Waals surface area contributed by atoms with Crippen LogP contribution in [0.5, 0.6) is 11.5 Å². The molecule has 9 heteroatoms. The van der Waals surface area contributed by atoms with Crippen LogP contribution < -0.4 is 20.2 Å². The van der Waals surface area contributed by atoms with Gasteiger partial charge in [-0.15, -0.1) is 0 Å². The molecular weight excluding hydrogens is 514 g/mol. The molecule has 0 atom stereocenters. The summed E-state index contributed by atoms with van der Waals surface area (Å²) in [7, 11) is 1.44. The first-order valence-electron chi connectivity index (χ1n) is 10.6. The number of aryl methyl sites for hydroxylation is 2. The predicted octanol–water partition coefficient (Wildman–Crippen LogP) is 4.77. The average Bonchev–Trinajstić information content (AvgIpc) is 2.82. The second kappa shape index (κ2) is 11.4. The molecule has 0 saturated carbocycles. The van der Waals surface area contributed by atoms with Crippen molar-refractivity contribution in [2.45, 2.75) is 20.8 Å². The number of amides is 2. The lowest BCUT2D eigenvalue weighted by Gasteiger charge is -2.12. The highest BCUT2D eigenvalue weighted by atomic mass is 79.9. The first-order valence-corrected chi connectivity index (χ1v) is 11.4. The zero-order valence-corrected chi connectivity index (χ0v) is 21.2. The molecule has 0 heterocycles. The number of carbonyl (C=O) groups excluding carboxylic acids is 3. The number of hydrogen-bond donors (Lipinski definition) is 2. The molecule has 0 bridgehead atoms. The summed E-state index contributed by atoms with van der Waals surface area (Å²) < 4.78 is 11.5. The zero-order chi connectivity index (χ0) is 25.5. The number of halogens is 1. The number of methoxy groups -OCH3 is 1. The number of rotatable bonds is 6. The van der Waals surface area contributed by atoms with Crippen LogP contribution in [0.15, 0.2) is 70.2 Å². The maximum Gasteiger partial charge on any atom is 0.344 e. The molecule has 0 aliphatic heterocycles. The first kappa shape index (κ1) is 25.6. The Kier molecular flexibility index (Phi) is 8.38. The Labute approximate surface area is 211 Å². The quantitative estimate of drug-likeness (QED) is 0.155. The number of carbonyl (C=O) groups is 3. The van der Waals surface area contributed by atoms with Gasteiger partial charge >= 0.3 is 17.8 Å². The number of anilines is 1. The fraction of sp³-hybridized carbons (Fsp3) is 0.154. The predicted molar refractivity (Wildman–Crippen MR) is 137 cm³/mol. The van der Waals surface area contributed by atoms with Gasteiger partial charge in [0.2, 0.25) is 0 Å². The van der Waals surface area contributed by atoms with E-state index in [1.165, 1.54) is 7.11 Å². The molecule has 0 aromatic heterocycles. The van der Waals surface area contributed by atoms with Crippen molar-refractivity contribution in [1.82, 2.24) is 5.43 Å². The Balaban J connectivity index is 1.68.